The molecule has 2 rings (SSSR count). The number of aromatic hydroxyl groups is 1. The monoisotopic (exact) mass is 327 g/mol. The van der Waals surface area contributed by atoms with Crippen molar-refractivity contribution < 1.29 is 14.6 Å². The fourth-order valence-electron chi connectivity index (χ4n) is 2.29. The number of benzene rings is 1. The topological polar surface area (TPSA) is 49.8 Å². The number of morpholine rings is 1. The third-order valence-corrected chi connectivity index (χ3v) is 3.89. The summed E-state index contributed by atoms with van der Waals surface area (Å²) < 4.78 is 5.70. The van der Waals surface area contributed by atoms with Crippen LogP contribution in [0.15, 0.2) is 18.2 Å². The number of carbonyl (C=O) groups excluding carboxylic acids is 1. The molecule has 0 bridgehead atoms. The minimum absolute atomic E-state index is 0.000270. The molecule has 5 heteroatoms. The van der Waals surface area contributed by atoms with Crippen LogP contribution in [0.2, 0.25) is 0 Å². The lowest BCUT2D eigenvalue weighted by molar-refractivity contribution is -0.0560. The number of hydrogen-bond acceptors (Lipinski definition) is 3. The Morgan fingerprint density at radius 3 is 2.89 bits per heavy atom. The Morgan fingerprint density at radius 2 is 2.26 bits per heavy atom. The van der Waals surface area contributed by atoms with Crippen molar-refractivity contribution in [1.29, 1.82) is 0 Å². The van der Waals surface area contributed by atoms with Gasteiger partial charge in [0.2, 0.25) is 0 Å². The number of aryl methyl sites for hydroxylation is 1. The molecule has 0 saturated carbocycles. The maximum Gasteiger partial charge on any atom is 0.257 e. The standard InChI is InChI=1S/C14H18BrNO3/c1-9-3-4-12(13(17)5-9)14(18)16-7-10(2)19-11(6-15)8-16/h3-5,10-11,17H,6-8H2,1-2H3. The molecule has 4 nitrogen and oxygen atoms in total. The van der Waals surface area contributed by atoms with E-state index in [0.717, 1.165) is 5.56 Å². The Labute approximate surface area is 121 Å². The first-order valence-corrected chi connectivity index (χ1v) is 7.43. The van der Waals surface area contributed by atoms with Gasteiger partial charge in [-0.05, 0) is 31.5 Å². The number of amides is 1. The van der Waals surface area contributed by atoms with Gasteiger partial charge in [0.1, 0.15) is 5.75 Å². The first kappa shape index (κ1) is 14.3. The number of carbonyl (C=O) groups is 1. The maximum absolute atomic E-state index is 12.4. The van der Waals surface area contributed by atoms with Crippen LogP contribution >= 0.6 is 15.9 Å². The van der Waals surface area contributed by atoms with Crippen LogP contribution in [0, 0.1) is 6.92 Å². The van der Waals surface area contributed by atoms with E-state index in [1.807, 2.05) is 19.9 Å². The van der Waals surface area contributed by atoms with E-state index >= 15 is 0 Å². The van der Waals surface area contributed by atoms with Crippen LogP contribution < -0.4 is 0 Å². The molecule has 0 radical (unpaired) electrons. The molecule has 0 aliphatic carbocycles. The summed E-state index contributed by atoms with van der Waals surface area (Å²) in [5, 5.41) is 10.6. The van der Waals surface area contributed by atoms with Gasteiger partial charge in [-0.25, -0.2) is 0 Å². The van der Waals surface area contributed by atoms with Crippen molar-refractivity contribution in [2.45, 2.75) is 26.1 Å². The van der Waals surface area contributed by atoms with Crippen LogP contribution in [-0.2, 0) is 4.74 Å². The Balaban J connectivity index is 2.18. The van der Waals surface area contributed by atoms with Crippen molar-refractivity contribution in [3.8, 4) is 5.75 Å². The minimum atomic E-state index is -0.140. The van der Waals surface area contributed by atoms with Gasteiger partial charge >= 0.3 is 0 Å². The summed E-state index contributed by atoms with van der Waals surface area (Å²) in [6, 6.07) is 5.12. The van der Waals surface area contributed by atoms with E-state index in [-0.39, 0.29) is 23.9 Å². The number of nitrogens with zero attached hydrogens (tertiary/aromatic N) is 1. The molecule has 1 aromatic rings. The highest BCUT2D eigenvalue weighted by molar-refractivity contribution is 9.09. The van der Waals surface area contributed by atoms with Gasteiger partial charge in [0.25, 0.3) is 5.91 Å². The second kappa shape index (κ2) is 5.92. The highest BCUT2D eigenvalue weighted by atomic mass is 79.9. The molecule has 1 fully saturated rings. The van der Waals surface area contributed by atoms with Gasteiger partial charge in [-0.3, -0.25) is 4.79 Å². The van der Waals surface area contributed by atoms with Gasteiger partial charge in [-0.15, -0.1) is 0 Å². The molecule has 104 valence electrons. The summed E-state index contributed by atoms with van der Waals surface area (Å²) in [5.74, 6) is -0.0989. The number of rotatable bonds is 2. The van der Waals surface area contributed by atoms with Crippen LogP contribution in [0.25, 0.3) is 0 Å². The number of ether oxygens (including phenoxy) is 1. The molecule has 1 aliphatic heterocycles. The number of halogens is 1. The van der Waals surface area contributed by atoms with E-state index in [4.69, 9.17) is 4.74 Å². The number of hydrogen-bond donors (Lipinski definition) is 1. The van der Waals surface area contributed by atoms with Crippen LogP contribution in [0.4, 0.5) is 0 Å². The van der Waals surface area contributed by atoms with Gasteiger partial charge in [0.15, 0.2) is 0 Å². The zero-order chi connectivity index (χ0) is 14.0. The molecular weight excluding hydrogens is 310 g/mol. The summed E-state index contributed by atoms with van der Waals surface area (Å²) in [6.45, 7) is 4.92. The molecule has 2 unspecified atom stereocenters. The predicted molar refractivity (Wildman–Crippen MR) is 76.9 cm³/mol. The fourth-order valence-corrected chi connectivity index (χ4v) is 2.65. The molecule has 1 N–H and O–H groups in total. The van der Waals surface area contributed by atoms with Crippen LogP contribution in [0.5, 0.6) is 5.75 Å². The highest BCUT2D eigenvalue weighted by Gasteiger charge is 2.29. The number of phenolic OH excluding ortho intramolecular Hbond substituents is 1. The molecule has 19 heavy (non-hydrogen) atoms. The average Bonchev–Trinajstić information content (AvgIpc) is 2.37. The van der Waals surface area contributed by atoms with Gasteiger partial charge in [-0.2, -0.15) is 0 Å². The zero-order valence-electron chi connectivity index (χ0n) is 11.1. The minimum Gasteiger partial charge on any atom is -0.507 e. The SMILES string of the molecule is Cc1ccc(C(=O)N2CC(C)OC(CBr)C2)c(O)c1. The van der Waals surface area contributed by atoms with E-state index in [1.54, 1.807) is 17.0 Å². The third-order valence-electron chi connectivity index (χ3n) is 3.17. The van der Waals surface area contributed by atoms with Crippen molar-refractivity contribution in [3.05, 3.63) is 29.3 Å². The molecule has 0 aromatic heterocycles. The van der Waals surface area contributed by atoms with Crippen LogP contribution in [-0.4, -0.2) is 46.5 Å². The zero-order valence-corrected chi connectivity index (χ0v) is 12.7. The second-order valence-electron chi connectivity index (χ2n) is 4.95. The van der Waals surface area contributed by atoms with Gasteiger partial charge in [0, 0.05) is 18.4 Å². The number of phenols is 1. The van der Waals surface area contributed by atoms with Gasteiger partial charge in [0.05, 0.1) is 17.8 Å². The fraction of sp³-hybridized carbons (Fsp3) is 0.500. The molecule has 2 atom stereocenters. The molecule has 1 aromatic carbocycles. The van der Waals surface area contributed by atoms with Gasteiger partial charge in [-0.1, -0.05) is 22.0 Å². The van der Waals surface area contributed by atoms with Gasteiger partial charge < -0.3 is 14.7 Å². The molecule has 1 amide bonds. The Kier molecular flexibility index (Phi) is 4.47. The molecule has 1 aliphatic rings. The Hall–Kier alpha value is -1.07. The molecule has 1 heterocycles. The van der Waals surface area contributed by atoms with Crippen molar-refractivity contribution in [3.63, 3.8) is 0 Å². The molecule has 0 spiro atoms. The molecule has 1 saturated heterocycles. The van der Waals surface area contributed by atoms with Crippen molar-refractivity contribution >= 4 is 21.8 Å². The summed E-state index contributed by atoms with van der Waals surface area (Å²) in [6.07, 6.45) is 0.00753. The largest absolute Gasteiger partial charge is 0.507 e. The third kappa shape index (κ3) is 3.28. The number of alkyl halides is 1. The predicted octanol–water partition coefficient (Wildman–Crippen LogP) is 2.33. The lowest BCUT2D eigenvalue weighted by Gasteiger charge is -2.36. The first-order valence-electron chi connectivity index (χ1n) is 6.31. The van der Waals surface area contributed by atoms with Crippen molar-refractivity contribution in [2.75, 3.05) is 18.4 Å². The molecular formula is C14H18BrNO3. The lowest BCUT2D eigenvalue weighted by Crippen LogP contribution is -2.49. The van der Waals surface area contributed by atoms with Crippen LogP contribution in [0.1, 0.15) is 22.8 Å². The van der Waals surface area contributed by atoms with E-state index in [1.165, 1.54) is 0 Å². The van der Waals surface area contributed by atoms with Crippen LogP contribution in [0.3, 0.4) is 0 Å². The lowest BCUT2D eigenvalue weighted by atomic mass is 10.1. The summed E-state index contributed by atoms with van der Waals surface area (Å²) >= 11 is 3.38. The first-order chi connectivity index (χ1) is 9.01. The summed E-state index contributed by atoms with van der Waals surface area (Å²) in [5.41, 5.74) is 1.29. The van der Waals surface area contributed by atoms with E-state index in [9.17, 15) is 9.90 Å². The smallest absolute Gasteiger partial charge is 0.257 e. The van der Waals surface area contributed by atoms with E-state index < -0.39 is 0 Å². The quantitative estimate of drug-likeness (QED) is 0.848. The van der Waals surface area contributed by atoms with E-state index in [2.05, 4.69) is 15.9 Å². The second-order valence-corrected chi connectivity index (χ2v) is 5.60. The van der Waals surface area contributed by atoms with Crippen molar-refractivity contribution in [1.82, 2.24) is 4.90 Å². The Bertz CT molecular complexity index is 478. The van der Waals surface area contributed by atoms with Crippen molar-refractivity contribution in [2.24, 2.45) is 0 Å². The van der Waals surface area contributed by atoms with E-state index in [0.29, 0.717) is 24.0 Å². The summed E-state index contributed by atoms with van der Waals surface area (Å²) in [7, 11) is 0. The normalized spacial score (nSPS) is 23.4. The maximum atomic E-state index is 12.4. The highest BCUT2D eigenvalue weighted by Crippen LogP contribution is 2.22. The summed E-state index contributed by atoms with van der Waals surface area (Å²) in [4.78, 5) is 14.2. The Morgan fingerprint density at radius 1 is 1.53 bits per heavy atom. The average molecular weight is 328 g/mol.